The summed E-state index contributed by atoms with van der Waals surface area (Å²) in [6, 6.07) is 9.12. The van der Waals surface area contributed by atoms with Crippen LogP contribution in [0, 0.1) is 5.41 Å². The van der Waals surface area contributed by atoms with Gasteiger partial charge in [0.15, 0.2) is 0 Å². The number of hydrogen-bond donors (Lipinski definition) is 4. The fourth-order valence-corrected chi connectivity index (χ4v) is 4.91. The molecular weight excluding hydrogens is 406 g/mol. The maximum absolute atomic E-state index is 7.77. The van der Waals surface area contributed by atoms with E-state index in [4.69, 9.17) is 10.4 Å². The van der Waals surface area contributed by atoms with E-state index >= 15 is 0 Å². The number of allylic oxidation sites excluding steroid dienone is 2. The number of rotatable bonds is 13. The first kappa shape index (κ1) is 25.1. The van der Waals surface area contributed by atoms with Gasteiger partial charge in [0.2, 0.25) is 0 Å². The first-order valence-corrected chi connectivity index (χ1v) is 12.6. The molecule has 0 bridgehead atoms. The molecule has 5 heteroatoms. The molecule has 1 unspecified atom stereocenters. The van der Waals surface area contributed by atoms with Crippen LogP contribution in [-0.4, -0.2) is 43.9 Å². The van der Waals surface area contributed by atoms with E-state index in [1.165, 1.54) is 43.2 Å². The van der Waals surface area contributed by atoms with Crippen molar-refractivity contribution in [1.29, 1.82) is 5.41 Å². The Labute approximate surface area is 199 Å². The van der Waals surface area contributed by atoms with E-state index < -0.39 is 0 Å². The second-order valence-electron chi connectivity index (χ2n) is 8.99. The van der Waals surface area contributed by atoms with Crippen LogP contribution in [0.4, 0.5) is 0 Å². The van der Waals surface area contributed by atoms with E-state index in [2.05, 4.69) is 60.6 Å². The second-order valence-corrected chi connectivity index (χ2v) is 8.99. The zero-order valence-corrected chi connectivity index (χ0v) is 20.6. The minimum Gasteiger partial charge on any atom is -0.385 e. The molecule has 1 atom stereocenters. The molecule has 1 aromatic heterocycles. The van der Waals surface area contributed by atoms with Gasteiger partial charge < -0.3 is 21.4 Å². The molecule has 0 spiro atoms. The molecule has 1 aromatic carbocycles. The maximum atomic E-state index is 7.77. The number of hydrogen-bond acceptors (Lipinski definition) is 5. The highest BCUT2D eigenvalue weighted by Crippen LogP contribution is 2.33. The summed E-state index contributed by atoms with van der Waals surface area (Å²) in [5, 5.41) is 20.6. The van der Waals surface area contributed by atoms with Gasteiger partial charge in [-0.3, -0.25) is 4.98 Å². The van der Waals surface area contributed by atoms with Crippen LogP contribution in [0.25, 0.3) is 16.3 Å². The minimum atomic E-state index is -0.0226. The highest BCUT2D eigenvalue weighted by molar-refractivity contribution is 5.97. The van der Waals surface area contributed by atoms with Crippen LogP contribution in [-0.2, 0) is 0 Å². The number of benzene rings is 1. The molecule has 5 nitrogen and oxygen atoms in total. The Kier molecular flexibility index (Phi) is 9.64. The third-order valence-electron chi connectivity index (χ3n) is 6.73. The highest BCUT2D eigenvalue weighted by atomic mass is 14.9. The molecule has 3 rings (SSSR count). The van der Waals surface area contributed by atoms with Gasteiger partial charge in [0.1, 0.15) is 0 Å². The summed E-state index contributed by atoms with van der Waals surface area (Å²) in [7, 11) is 1.91. The SMILES string of the molecule is C=C(/C(CC)=C(/CCNCC)NC1CCCC1)c1cccc2cc(C(C=N)CNC)ncc12. The van der Waals surface area contributed by atoms with Crippen molar-refractivity contribution in [2.45, 2.75) is 64.3 Å². The van der Waals surface area contributed by atoms with Gasteiger partial charge in [-0.2, -0.15) is 0 Å². The molecule has 0 radical (unpaired) electrons. The fraction of sp³-hybridized carbons (Fsp3) is 0.500. The quantitative estimate of drug-likeness (QED) is 0.189. The molecule has 33 heavy (non-hydrogen) atoms. The number of aromatic nitrogens is 1. The summed E-state index contributed by atoms with van der Waals surface area (Å²) in [4.78, 5) is 4.74. The van der Waals surface area contributed by atoms with Gasteiger partial charge in [-0.25, -0.2) is 0 Å². The van der Waals surface area contributed by atoms with Gasteiger partial charge in [0.05, 0.1) is 5.69 Å². The van der Waals surface area contributed by atoms with E-state index in [0.29, 0.717) is 12.6 Å². The first-order chi connectivity index (χ1) is 16.1. The van der Waals surface area contributed by atoms with Gasteiger partial charge in [-0.1, -0.05) is 51.5 Å². The highest BCUT2D eigenvalue weighted by Gasteiger charge is 2.19. The third kappa shape index (κ3) is 6.30. The Balaban J connectivity index is 1.98. The van der Waals surface area contributed by atoms with E-state index in [-0.39, 0.29) is 5.92 Å². The summed E-state index contributed by atoms with van der Waals surface area (Å²) in [6.07, 6.45) is 10.5. The number of likely N-dealkylation sites (N-methyl/N-ethyl adjacent to an activating group) is 1. The van der Waals surface area contributed by atoms with Crippen LogP contribution in [0.15, 0.2) is 48.3 Å². The lowest BCUT2D eigenvalue weighted by Gasteiger charge is -2.23. The van der Waals surface area contributed by atoms with Crippen molar-refractivity contribution < 1.29 is 0 Å². The molecule has 1 saturated carbocycles. The predicted octanol–water partition coefficient (Wildman–Crippen LogP) is 5.40. The molecule has 1 aliphatic carbocycles. The van der Waals surface area contributed by atoms with Crippen molar-refractivity contribution in [3.05, 3.63) is 59.6 Å². The molecule has 4 N–H and O–H groups in total. The van der Waals surface area contributed by atoms with E-state index in [1.807, 2.05) is 13.2 Å². The van der Waals surface area contributed by atoms with Gasteiger partial charge in [0.25, 0.3) is 0 Å². The molecule has 0 aliphatic heterocycles. The summed E-state index contributed by atoms with van der Waals surface area (Å²) < 4.78 is 0. The van der Waals surface area contributed by atoms with E-state index in [0.717, 1.165) is 53.5 Å². The number of nitrogens with zero attached hydrogens (tertiary/aromatic N) is 1. The lowest BCUT2D eigenvalue weighted by atomic mass is 9.91. The maximum Gasteiger partial charge on any atom is 0.0506 e. The number of pyridine rings is 1. The number of nitrogens with one attached hydrogen (secondary N) is 4. The summed E-state index contributed by atoms with van der Waals surface area (Å²) in [6.45, 7) is 11.6. The van der Waals surface area contributed by atoms with Crippen LogP contribution in [0.1, 0.15) is 69.5 Å². The molecule has 2 aromatic rings. The van der Waals surface area contributed by atoms with Crippen LogP contribution in [0.2, 0.25) is 0 Å². The van der Waals surface area contributed by atoms with Gasteiger partial charge >= 0.3 is 0 Å². The topological polar surface area (TPSA) is 72.8 Å². The minimum absolute atomic E-state index is 0.0226. The van der Waals surface area contributed by atoms with Crippen molar-refractivity contribution in [3.63, 3.8) is 0 Å². The van der Waals surface area contributed by atoms with Crippen LogP contribution >= 0.6 is 0 Å². The lowest BCUT2D eigenvalue weighted by Crippen LogP contribution is -2.29. The smallest absolute Gasteiger partial charge is 0.0506 e. The fourth-order valence-electron chi connectivity index (χ4n) is 4.91. The lowest BCUT2D eigenvalue weighted by molar-refractivity contribution is 0.555. The van der Waals surface area contributed by atoms with E-state index in [9.17, 15) is 0 Å². The monoisotopic (exact) mass is 447 g/mol. The van der Waals surface area contributed by atoms with Gasteiger partial charge in [0, 0.05) is 48.5 Å². The zero-order valence-electron chi connectivity index (χ0n) is 20.6. The Morgan fingerprint density at radius 3 is 2.73 bits per heavy atom. The van der Waals surface area contributed by atoms with Crippen molar-refractivity contribution in [2.75, 3.05) is 26.7 Å². The zero-order chi connectivity index (χ0) is 23.6. The van der Waals surface area contributed by atoms with Crippen LogP contribution in [0.5, 0.6) is 0 Å². The molecule has 0 saturated heterocycles. The van der Waals surface area contributed by atoms with Crippen LogP contribution < -0.4 is 16.0 Å². The van der Waals surface area contributed by atoms with Crippen LogP contribution in [0.3, 0.4) is 0 Å². The standard InChI is InChI=1S/C28H41N5/c1-5-24(27(14-15-31-6-2)33-23-11-7-8-12-23)20(3)25-13-9-10-21-16-28(32-19-26(21)25)22(17-29)18-30-4/h9-10,13,16-17,19,22-23,29-31,33H,3,5-8,11-12,14-15,18H2,1-2,4H3/b27-24-,29-17?. The van der Waals surface area contributed by atoms with Gasteiger partial charge in [-0.05, 0) is 67.4 Å². The molecule has 1 heterocycles. The summed E-state index contributed by atoms with van der Waals surface area (Å²) in [5.74, 6) is -0.0226. The van der Waals surface area contributed by atoms with Gasteiger partial charge in [-0.15, -0.1) is 0 Å². The number of fused-ring (bicyclic) bond motifs is 1. The molecule has 178 valence electrons. The normalized spacial score (nSPS) is 16.0. The Morgan fingerprint density at radius 2 is 2.06 bits per heavy atom. The van der Waals surface area contributed by atoms with Crippen molar-refractivity contribution in [2.24, 2.45) is 0 Å². The Morgan fingerprint density at radius 1 is 1.27 bits per heavy atom. The first-order valence-electron chi connectivity index (χ1n) is 12.6. The van der Waals surface area contributed by atoms with Crippen molar-refractivity contribution >= 4 is 22.6 Å². The predicted molar refractivity (Wildman–Crippen MR) is 142 cm³/mol. The third-order valence-corrected chi connectivity index (χ3v) is 6.73. The summed E-state index contributed by atoms with van der Waals surface area (Å²) >= 11 is 0. The van der Waals surface area contributed by atoms with Crippen molar-refractivity contribution in [3.8, 4) is 0 Å². The molecule has 0 amide bonds. The van der Waals surface area contributed by atoms with E-state index in [1.54, 1.807) is 0 Å². The Hall–Kier alpha value is -2.50. The second kappa shape index (κ2) is 12.7. The summed E-state index contributed by atoms with van der Waals surface area (Å²) in [5.41, 5.74) is 5.83. The molecule has 1 aliphatic rings. The average Bonchev–Trinajstić information content (AvgIpc) is 3.35. The Bertz CT molecular complexity index is 971. The average molecular weight is 448 g/mol. The molecule has 1 fully saturated rings. The molecular formula is C28H41N5. The van der Waals surface area contributed by atoms with Crippen molar-refractivity contribution in [1.82, 2.24) is 20.9 Å². The largest absolute Gasteiger partial charge is 0.385 e.